The maximum Gasteiger partial charge on any atom is 0.325 e. The molecule has 3 atom stereocenters. The van der Waals surface area contributed by atoms with Gasteiger partial charge in [0.25, 0.3) is 0 Å². The van der Waals surface area contributed by atoms with Gasteiger partial charge in [0.2, 0.25) is 0 Å². The van der Waals surface area contributed by atoms with Crippen LogP contribution in [-0.2, 0) is 9.53 Å². The van der Waals surface area contributed by atoms with Crippen molar-refractivity contribution in [2.24, 2.45) is 11.7 Å². The van der Waals surface area contributed by atoms with E-state index in [0.717, 1.165) is 18.5 Å². The van der Waals surface area contributed by atoms with Crippen molar-refractivity contribution in [3.05, 3.63) is 0 Å². The van der Waals surface area contributed by atoms with Gasteiger partial charge < -0.3 is 15.4 Å². The Morgan fingerprint density at radius 3 is 2.74 bits per heavy atom. The van der Waals surface area contributed by atoms with Crippen molar-refractivity contribution in [2.45, 2.75) is 63.5 Å². The van der Waals surface area contributed by atoms with Crippen LogP contribution in [0, 0.1) is 5.92 Å². The Morgan fingerprint density at radius 2 is 2.00 bits per heavy atom. The van der Waals surface area contributed by atoms with Crippen LogP contribution in [0.4, 0.5) is 0 Å². The van der Waals surface area contributed by atoms with Crippen molar-refractivity contribution in [2.75, 3.05) is 20.2 Å². The molecule has 1 aliphatic heterocycles. The molecule has 0 spiro atoms. The first kappa shape index (κ1) is 14.8. The van der Waals surface area contributed by atoms with E-state index in [0.29, 0.717) is 6.42 Å². The van der Waals surface area contributed by atoms with E-state index < -0.39 is 5.54 Å². The number of hydrogen-bond donors (Lipinski definition) is 1. The van der Waals surface area contributed by atoms with E-state index in [-0.39, 0.29) is 5.97 Å². The number of piperidine rings is 1. The van der Waals surface area contributed by atoms with Crippen LogP contribution >= 0.6 is 0 Å². The Morgan fingerprint density at radius 1 is 1.32 bits per heavy atom. The van der Waals surface area contributed by atoms with Gasteiger partial charge in [0, 0.05) is 12.6 Å². The minimum atomic E-state index is -0.851. The summed E-state index contributed by atoms with van der Waals surface area (Å²) in [5.41, 5.74) is 5.20. The van der Waals surface area contributed by atoms with E-state index in [1.807, 2.05) is 0 Å². The summed E-state index contributed by atoms with van der Waals surface area (Å²) in [6.07, 6.45) is 8.82. The van der Waals surface area contributed by atoms with Crippen molar-refractivity contribution >= 4 is 5.97 Å². The van der Waals surface area contributed by atoms with Crippen molar-refractivity contribution in [3.63, 3.8) is 0 Å². The van der Waals surface area contributed by atoms with E-state index in [2.05, 4.69) is 4.90 Å². The number of nitrogens with zero attached hydrogens (tertiary/aromatic N) is 1. The molecule has 0 aromatic rings. The lowest BCUT2D eigenvalue weighted by atomic mass is 9.78. The van der Waals surface area contributed by atoms with Gasteiger partial charge in [0.1, 0.15) is 5.54 Å². The first-order valence-corrected chi connectivity index (χ1v) is 7.66. The number of rotatable bonds is 4. The molecule has 1 saturated heterocycles. The molecule has 0 bridgehead atoms. The molecule has 1 unspecified atom stereocenters. The zero-order chi connectivity index (χ0) is 13.9. The molecule has 1 aliphatic carbocycles. The summed E-state index contributed by atoms with van der Waals surface area (Å²) in [5.74, 6) is 0.578. The molecule has 0 aromatic carbocycles. The van der Waals surface area contributed by atoms with E-state index in [9.17, 15) is 4.79 Å². The van der Waals surface area contributed by atoms with Crippen LogP contribution in [0.5, 0.6) is 0 Å². The predicted octanol–water partition coefficient (Wildman–Crippen LogP) is 1.92. The standard InChI is InChI=1S/C15H28N2O2/c1-15(16,14(18)19-2)9-11-17-10-5-7-12-6-3-4-8-13(12)17/h12-13H,3-11,16H2,1-2H3/t12-,13-,15?/m1/s1. The average Bonchev–Trinajstić information content (AvgIpc) is 2.44. The second-order valence-corrected chi connectivity index (χ2v) is 6.45. The monoisotopic (exact) mass is 268 g/mol. The molecule has 2 aliphatic rings. The molecule has 1 saturated carbocycles. The highest BCUT2D eigenvalue weighted by Crippen LogP contribution is 2.35. The van der Waals surface area contributed by atoms with Gasteiger partial charge in [-0.25, -0.2) is 0 Å². The lowest BCUT2D eigenvalue weighted by Gasteiger charge is -2.44. The molecule has 19 heavy (non-hydrogen) atoms. The number of methoxy groups -OCH3 is 1. The third kappa shape index (κ3) is 3.48. The molecule has 4 heteroatoms. The molecular formula is C15H28N2O2. The number of carbonyl (C=O) groups excluding carboxylic acids is 1. The minimum absolute atomic E-state index is 0.301. The van der Waals surface area contributed by atoms with Crippen molar-refractivity contribution in [1.82, 2.24) is 4.90 Å². The molecule has 0 radical (unpaired) electrons. The van der Waals surface area contributed by atoms with Crippen LogP contribution < -0.4 is 5.73 Å². The third-order valence-corrected chi connectivity index (χ3v) is 4.93. The Balaban J connectivity index is 1.89. The fraction of sp³-hybridized carbons (Fsp3) is 0.933. The Hall–Kier alpha value is -0.610. The number of likely N-dealkylation sites (tertiary alicyclic amines) is 1. The summed E-state index contributed by atoms with van der Waals surface area (Å²) in [4.78, 5) is 14.2. The van der Waals surface area contributed by atoms with E-state index >= 15 is 0 Å². The Bertz CT molecular complexity index is 315. The van der Waals surface area contributed by atoms with Crippen LogP contribution in [0.1, 0.15) is 51.9 Å². The fourth-order valence-electron chi connectivity index (χ4n) is 3.72. The summed E-state index contributed by atoms with van der Waals surface area (Å²) < 4.78 is 4.78. The minimum Gasteiger partial charge on any atom is -0.468 e. The molecular weight excluding hydrogens is 240 g/mol. The van der Waals surface area contributed by atoms with Gasteiger partial charge in [-0.2, -0.15) is 0 Å². The molecule has 1 heterocycles. The lowest BCUT2D eigenvalue weighted by molar-refractivity contribution is -0.146. The first-order valence-electron chi connectivity index (χ1n) is 7.66. The molecule has 0 aromatic heterocycles. The van der Waals surface area contributed by atoms with E-state index in [4.69, 9.17) is 10.5 Å². The largest absolute Gasteiger partial charge is 0.468 e. The zero-order valence-electron chi connectivity index (χ0n) is 12.4. The van der Waals surface area contributed by atoms with Gasteiger partial charge in [-0.3, -0.25) is 4.79 Å². The van der Waals surface area contributed by atoms with Crippen molar-refractivity contribution < 1.29 is 9.53 Å². The van der Waals surface area contributed by atoms with Gasteiger partial charge >= 0.3 is 5.97 Å². The van der Waals surface area contributed by atoms with Crippen molar-refractivity contribution in [3.8, 4) is 0 Å². The zero-order valence-corrected chi connectivity index (χ0v) is 12.4. The topological polar surface area (TPSA) is 55.6 Å². The molecule has 4 nitrogen and oxygen atoms in total. The SMILES string of the molecule is COC(=O)C(C)(N)CCN1CCC[C@H]2CCCC[C@H]21. The molecule has 2 rings (SSSR count). The maximum absolute atomic E-state index is 11.6. The summed E-state index contributed by atoms with van der Waals surface area (Å²) in [5, 5.41) is 0. The summed E-state index contributed by atoms with van der Waals surface area (Å²) >= 11 is 0. The number of fused-ring (bicyclic) bond motifs is 1. The highest BCUT2D eigenvalue weighted by molar-refractivity contribution is 5.79. The number of nitrogens with two attached hydrogens (primary N) is 1. The van der Waals surface area contributed by atoms with Gasteiger partial charge in [0.05, 0.1) is 7.11 Å². The van der Waals surface area contributed by atoms with Gasteiger partial charge in [-0.1, -0.05) is 12.8 Å². The summed E-state index contributed by atoms with van der Waals surface area (Å²) in [6, 6.07) is 0.732. The van der Waals surface area contributed by atoms with E-state index in [1.165, 1.54) is 52.2 Å². The van der Waals surface area contributed by atoms with Crippen LogP contribution in [0.3, 0.4) is 0 Å². The van der Waals surface area contributed by atoms with Crippen molar-refractivity contribution in [1.29, 1.82) is 0 Å². The molecule has 2 N–H and O–H groups in total. The predicted molar refractivity (Wildman–Crippen MR) is 75.8 cm³/mol. The highest BCUT2D eigenvalue weighted by atomic mass is 16.5. The summed E-state index contributed by atoms with van der Waals surface area (Å²) in [7, 11) is 1.41. The average molecular weight is 268 g/mol. The third-order valence-electron chi connectivity index (χ3n) is 4.93. The van der Waals surface area contributed by atoms with Crippen LogP contribution in [0.2, 0.25) is 0 Å². The van der Waals surface area contributed by atoms with Gasteiger partial charge in [-0.15, -0.1) is 0 Å². The Labute approximate surface area is 116 Å². The molecule has 2 fully saturated rings. The number of hydrogen-bond acceptors (Lipinski definition) is 4. The number of ether oxygens (including phenoxy) is 1. The quantitative estimate of drug-likeness (QED) is 0.792. The Kier molecular flexibility index (Phi) is 4.85. The van der Waals surface area contributed by atoms with Crippen LogP contribution in [-0.4, -0.2) is 42.6 Å². The fourth-order valence-corrected chi connectivity index (χ4v) is 3.72. The smallest absolute Gasteiger partial charge is 0.325 e. The number of esters is 1. The summed E-state index contributed by atoms with van der Waals surface area (Å²) in [6.45, 7) is 3.86. The molecule has 0 amide bonds. The molecule has 110 valence electrons. The van der Waals surface area contributed by atoms with E-state index in [1.54, 1.807) is 6.92 Å². The first-order chi connectivity index (χ1) is 9.04. The second-order valence-electron chi connectivity index (χ2n) is 6.45. The second kappa shape index (κ2) is 6.23. The van der Waals surface area contributed by atoms with Gasteiger partial charge in [0.15, 0.2) is 0 Å². The lowest BCUT2D eigenvalue weighted by Crippen LogP contribution is -2.52. The maximum atomic E-state index is 11.6. The highest BCUT2D eigenvalue weighted by Gasteiger charge is 2.35. The number of carbonyl (C=O) groups is 1. The van der Waals surface area contributed by atoms with Crippen LogP contribution in [0.25, 0.3) is 0 Å². The van der Waals surface area contributed by atoms with Crippen LogP contribution in [0.15, 0.2) is 0 Å². The normalized spacial score (nSPS) is 31.3. The van der Waals surface area contributed by atoms with Gasteiger partial charge in [-0.05, 0) is 51.5 Å².